The molecule has 0 radical (unpaired) electrons. The number of esters is 2. The van der Waals surface area contributed by atoms with Crippen molar-refractivity contribution in [3.05, 3.63) is 12.2 Å². The number of carbonyl (C=O) groups excluding carboxylic acids is 2. The molecule has 1 atom stereocenters. The summed E-state index contributed by atoms with van der Waals surface area (Å²) >= 11 is 0. The van der Waals surface area contributed by atoms with Crippen LogP contribution < -0.4 is 0 Å². The fraction of sp³-hybridized carbons (Fsp3) is 0.900. The third-order valence-electron chi connectivity index (χ3n) is 9.03. The first-order valence-corrected chi connectivity index (χ1v) is 22.0. The Balaban J connectivity index is 3.89. The summed E-state index contributed by atoms with van der Waals surface area (Å²) in [6.07, 6.45) is 39.3. The SMILES string of the molecule is CCCCCCCC/C=C/CCCCCC(=O)OC[C@H](COP(=O)(O)O)OC(=O)CCCCCCCCCCCCCCCCCCCC. The van der Waals surface area contributed by atoms with Crippen LogP contribution in [0.15, 0.2) is 12.2 Å². The van der Waals surface area contributed by atoms with Crippen molar-refractivity contribution in [1.29, 1.82) is 0 Å². The van der Waals surface area contributed by atoms with E-state index in [1.807, 2.05) is 0 Å². The molecule has 0 fully saturated rings. The maximum absolute atomic E-state index is 12.4. The zero-order chi connectivity index (χ0) is 36.1. The number of unbranched alkanes of at least 4 members (excludes halogenated alkanes) is 26. The molecule has 0 rings (SSSR count). The van der Waals surface area contributed by atoms with Gasteiger partial charge in [0.15, 0.2) is 6.10 Å². The number of phosphoric acid groups is 1. The van der Waals surface area contributed by atoms with E-state index in [1.165, 1.54) is 128 Å². The maximum Gasteiger partial charge on any atom is 0.469 e. The van der Waals surface area contributed by atoms with Gasteiger partial charge >= 0.3 is 19.8 Å². The van der Waals surface area contributed by atoms with Gasteiger partial charge in [-0.1, -0.05) is 174 Å². The first-order chi connectivity index (χ1) is 23.8. The van der Waals surface area contributed by atoms with Crippen LogP contribution in [0.2, 0.25) is 0 Å². The molecule has 9 heteroatoms. The molecule has 0 saturated heterocycles. The van der Waals surface area contributed by atoms with Crippen LogP contribution in [0.1, 0.15) is 213 Å². The third-order valence-corrected chi connectivity index (χ3v) is 9.52. The van der Waals surface area contributed by atoms with E-state index in [-0.39, 0.29) is 19.4 Å². The van der Waals surface area contributed by atoms with Gasteiger partial charge in [0.05, 0.1) is 6.61 Å². The smallest absolute Gasteiger partial charge is 0.462 e. The van der Waals surface area contributed by atoms with Crippen LogP contribution in [0.4, 0.5) is 0 Å². The van der Waals surface area contributed by atoms with Crippen molar-refractivity contribution < 1.29 is 37.9 Å². The number of hydrogen-bond acceptors (Lipinski definition) is 6. The van der Waals surface area contributed by atoms with Gasteiger partial charge in [-0.15, -0.1) is 0 Å². The van der Waals surface area contributed by atoms with Crippen LogP contribution in [-0.2, 0) is 28.2 Å². The van der Waals surface area contributed by atoms with Crippen molar-refractivity contribution in [3.8, 4) is 0 Å². The minimum atomic E-state index is -4.75. The van der Waals surface area contributed by atoms with E-state index in [0.717, 1.165) is 44.9 Å². The van der Waals surface area contributed by atoms with E-state index in [2.05, 4.69) is 30.5 Å². The van der Waals surface area contributed by atoms with E-state index in [9.17, 15) is 14.2 Å². The molecule has 0 spiro atoms. The van der Waals surface area contributed by atoms with Crippen molar-refractivity contribution in [1.82, 2.24) is 0 Å². The average Bonchev–Trinajstić information content (AvgIpc) is 3.07. The van der Waals surface area contributed by atoms with Crippen molar-refractivity contribution in [3.63, 3.8) is 0 Å². The molecule has 8 nitrogen and oxygen atoms in total. The van der Waals surface area contributed by atoms with Crippen molar-refractivity contribution in [2.24, 2.45) is 0 Å². The number of hydrogen-bond donors (Lipinski definition) is 2. The lowest BCUT2D eigenvalue weighted by Gasteiger charge is -2.18. The Hall–Kier alpha value is -1.21. The van der Waals surface area contributed by atoms with Crippen molar-refractivity contribution in [2.75, 3.05) is 13.2 Å². The number of rotatable bonds is 38. The number of allylic oxidation sites excluding steroid dienone is 2. The molecule has 290 valence electrons. The van der Waals surface area contributed by atoms with Gasteiger partial charge in [-0.05, 0) is 38.5 Å². The fourth-order valence-electron chi connectivity index (χ4n) is 5.96. The van der Waals surface area contributed by atoms with Crippen LogP contribution >= 0.6 is 7.82 Å². The topological polar surface area (TPSA) is 119 Å². The summed E-state index contributed by atoms with van der Waals surface area (Å²) in [7, 11) is -4.75. The van der Waals surface area contributed by atoms with Gasteiger partial charge in [0.2, 0.25) is 0 Å². The Morgan fingerprint density at radius 3 is 1.27 bits per heavy atom. The molecular formula is C40H77O8P. The molecule has 0 amide bonds. The van der Waals surface area contributed by atoms with Crippen LogP contribution in [-0.4, -0.2) is 41.0 Å². The van der Waals surface area contributed by atoms with E-state index < -0.39 is 32.5 Å². The second-order valence-electron chi connectivity index (χ2n) is 14.0. The predicted molar refractivity (Wildman–Crippen MR) is 202 cm³/mol. The van der Waals surface area contributed by atoms with Crippen LogP contribution in [0, 0.1) is 0 Å². The largest absolute Gasteiger partial charge is 0.469 e. The minimum absolute atomic E-state index is 0.215. The molecule has 0 aromatic heterocycles. The third kappa shape index (κ3) is 39.4. The van der Waals surface area contributed by atoms with Crippen LogP contribution in [0.3, 0.4) is 0 Å². The first-order valence-electron chi connectivity index (χ1n) is 20.5. The lowest BCUT2D eigenvalue weighted by Crippen LogP contribution is -2.29. The summed E-state index contributed by atoms with van der Waals surface area (Å²) in [5.41, 5.74) is 0. The van der Waals surface area contributed by atoms with Crippen LogP contribution in [0.5, 0.6) is 0 Å². The first kappa shape index (κ1) is 47.8. The molecule has 0 unspecified atom stereocenters. The Morgan fingerprint density at radius 2 is 0.857 bits per heavy atom. The summed E-state index contributed by atoms with van der Waals surface area (Å²) in [4.78, 5) is 42.8. The fourth-order valence-corrected chi connectivity index (χ4v) is 6.32. The molecule has 0 bridgehead atoms. The highest BCUT2D eigenvalue weighted by Gasteiger charge is 2.22. The van der Waals surface area contributed by atoms with Crippen molar-refractivity contribution in [2.45, 2.75) is 219 Å². The van der Waals surface area contributed by atoms with Gasteiger partial charge in [0.25, 0.3) is 0 Å². The van der Waals surface area contributed by atoms with E-state index in [0.29, 0.717) is 12.8 Å². The molecule has 0 aliphatic carbocycles. The van der Waals surface area contributed by atoms with Gasteiger partial charge in [-0.25, -0.2) is 4.57 Å². The average molecular weight is 717 g/mol. The molecule has 0 heterocycles. The highest BCUT2D eigenvalue weighted by atomic mass is 31.2. The summed E-state index contributed by atoms with van der Waals surface area (Å²) < 4.78 is 26.3. The zero-order valence-electron chi connectivity index (χ0n) is 31.9. The van der Waals surface area contributed by atoms with Crippen LogP contribution in [0.25, 0.3) is 0 Å². The molecule has 0 aliphatic heterocycles. The van der Waals surface area contributed by atoms with Crippen molar-refractivity contribution >= 4 is 19.8 Å². The number of phosphoric ester groups is 1. The second kappa shape index (κ2) is 36.6. The second-order valence-corrected chi connectivity index (χ2v) is 15.2. The Kier molecular flexibility index (Phi) is 35.7. The van der Waals surface area contributed by atoms with E-state index in [1.54, 1.807) is 0 Å². The quantitative estimate of drug-likeness (QED) is 0.0280. The summed E-state index contributed by atoms with van der Waals surface area (Å²) in [5.74, 6) is -0.893. The maximum atomic E-state index is 12.4. The highest BCUT2D eigenvalue weighted by molar-refractivity contribution is 7.46. The molecule has 0 saturated carbocycles. The van der Waals surface area contributed by atoms with Gasteiger partial charge in [-0.2, -0.15) is 0 Å². The Bertz CT molecular complexity index is 812. The standard InChI is InChI=1S/C40H77O8P/c1-3-5-7-9-11-13-15-17-18-19-20-21-23-25-27-29-31-33-35-40(42)48-38(37-47-49(43,44)45)36-46-39(41)34-32-30-28-26-24-22-16-14-12-10-8-6-4-2/h22,24,38H,3-21,23,25-37H2,1-2H3,(H2,43,44,45)/b24-22+/t38-/m1/s1. The summed E-state index contributed by atoms with van der Waals surface area (Å²) in [6, 6.07) is 0. The molecule has 2 N–H and O–H groups in total. The summed E-state index contributed by atoms with van der Waals surface area (Å²) in [5, 5.41) is 0. The minimum Gasteiger partial charge on any atom is -0.462 e. The van der Waals surface area contributed by atoms with Gasteiger partial charge in [-0.3, -0.25) is 14.1 Å². The van der Waals surface area contributed by atoms with E-state index in [4.69, 9.17) is 19.3 Å². The van der Waals surface area contributed by atoms with Gasteiger partial charge in [0.1, 0.15) is 6.61 Å². The lowest BCUT2D eigenvalue weighted by molar-refractivity contribution is -0.161. The van der Waals surface area contributed by atoms with Gasteiger partial charge < -0.3 is 19.3 Å². The molecule has 49 heavy (non-hydrogen) atoms. The Labute approximate surface area is 301 Å². The zero-order valence-corrected chi connectivity index (χ0v) is 32.8. The molecule has 0 aliphatic rings. The molecular weight excluding hydrogens is 639 g/mol. The molecule has 0 aromatic rings. The van der Waals surface area contributed by atoms with Gasteiger partial charge in [0, 0.05) is 12.8 Å². The summed E-state index contributed by atoms with van der Waals surface area (Å²) in [6.45, 7) is 3.68. The molecule has 0 aromatic carbocycles. The Morgan fingerprint density at radius 1 is 0.510 bits per heavy atom. The van der Waals surface area contributed by atoms with E-state index >= 15 is 0 Å². The predicted octanol–water partition coefficient (Wildman–Crippen LogP) is 12.2. The normalized spacial score (nSPS) is 12.5. The number of carbonyl (C=O) groups is 2. The monoisotopic (exact) mass is 717 g/mol. The number of ether oxygens (including phenoxy) is 2. The lowest BCUT2D eigenvalue weighted by atomic mass is 10.0. The highest BCUT2D eigenvalue weighted by Crippen LogP contribution is 2.36.